The van der Waals surface area contributed by atoms with E-state index in [4.69, 9.17) is 5.11 Å². The number of rotatable bonds is 6. The molecule has 17 heavy (non-hydrogen) atoms. The van der Waals surface area contributed by atoms with Crippen LogP contribution in [0.2, 0.25) is 0 Å². The molecule has 0 aliphatic carbocycles. The van der Waals surface area contributed by atoms with Crippen molar-refractivity contribution in [1.82, 2.24) is 9.80 Å². The second-order valence-corrected chi connectivity index (χ2v) is 5.16. The van der Waals surface area contributed by atoms with E-state index in [9.17, 15) is 4.79 Å². The Morgan fingerprint density at radius 2 is 2.12 bits per heavy atom. The molecule has 4 heteroatoms. The SMILES string of the molecule is CN(C)C(=O)C1CCCN(CCCCCO)C1. The summed E-state index contributed by atoms with van der Waals surface area (Å²) in [4.78, 5) is 16.0. The third-order valence-electron chi connectivity index (χ3n) is 3.43. The first-order valence-corrected chi connectivity index (χ1v) is 6.69. The van der Waals surface area contributed by atoms with Gasteiger partial charge in [0.2, 0.25) is 5.91 Å². The molecule has 0 spiro atoms. The summed E-state index contributed by atoms with van der Waals surface area (Å²) in [6.07, 6.45) is 5.27. The summed E-state index contributed by atoms with van der Waals surface area (Å²) in [7, 11) is 3.67. The van der Waals surface area contributed by atoms with E-state index in [2.05, 4.69) is 4.90 Å². The lowest BCUT2D eigenvalue weighted by atomic mass is 9.96. The second kappa shape index (κ2) is 7.67. The third-order valence-corrected chi connectivity index (χ3v) is 3.43. The van der Waals surface area contributed by atoms with Crippen molar-refractivity contribution in [3.63, 3.8) is 0 Å². The van der Waals surface area contributed by atoms with Crippen molar-refractivity contribution in [3.05, 3.63) is 0 Å². The van der Waals surface area contributed by atoms with Crippen LogP contribution in [0.1, 0.15) is 32.1 Å². The first-order chi connectivity index (χ1) is 8.15. The number of hydrogen-bond donors (Lipinski definition) is 1. The van der Waals surface area contributed by atoms with Gasteiger partial charge >= 0.3 is 0 Å². The summed E-state index contributed by atoms with van der Waals surface area (Å²) in [5, 5.41) is 8.72. The van der Waals surface area contributed by atoms with Gasteiger partial charge in [-0.2, -0.15) is 0 Å². The van der Waals surface area contributed by atoms with Gasteiger partial charge in [-0.25, -0.2) is 0 Å². The predicted molar refractivity (Wildman–Crippen MR) is 68.8 cm³/mol. The summed E-state index contributed by atoms with van der Waals surface area (Å²) in [5.74, 6) is 0.460. The molecule has 0 aromatic heterocycles. The zero-order valence-electron chi connectivity index (χ0n) is 11.2. The number of likely N-dealkylation sites (tertiary alicyclic amines) is 1. The van der Waals surface area contributed by atoms with Gasteiger partial charge in [0.1, 0.15) is 0 Å². The fraction of sp³-hybridized carbons (Fsp3) is 0.923. The van der Waals surface area contributed by atoms with E-state index in [0.717, 1.165) is 51.7 Å². The quantitative estimate of drug-likeness (QED) is 0.705. The van der Waals surface area contributed by atoms with Gasteiger partial charge in [0, 0.05) is 27.2 Å². The molecule has 1 fully saturated rings. The van der Waals surface area contributed by atoms with E-state index in [0.29, 0.717) is 6.61 Å². The first kappa shape index (κ1) is 14.5. The smallest absolute Gasteiger partial charge is 0.226 e. The Kier molecular flexibility index (Phi) is 6.52. The van der Waals surface area contributed by atoms with Gasteiger partial charge < -0.3 is 14.9 Å². The van der Waals surface area contributed by atoms with Crippen molar-refractivity contribution >= 4 is 5.91 Å². The van der Waals surface area contributed by atoms with Gasteiger partial charge in [-0.15, -0.1) is 0 Å². The highest BCUT2D eigenvalue weighted by atomic mass is 16.2. The van der Waals surface area contributed by atoms with Crippen LogP contribution >= 0.6 is 0 Å². The molecule has 1 atom stereocenters. The summed E-state index contributed by atoms with van der Waals surface area (Å²) >= 11 is 0. The second-order valence-electron chi connectivity index (χ2n) is 5.16. The molecule has 0 aromatic carbocycles. The Labute approximate surface area is 105 Å². The van der Waals surface area contributed by atoms with E-state index >= 15 is 0 Å². The van der Waals surface area contributed by atoms with Crippen LogP contribution in [0.15, 0.2) is 0 Å². The molecule has 4 nitrogen and oxygen atoms in total. The predicted octanol–water partition coefficient (Wildman–Crippen LogP) is 0.949. The number of hydrogen-bond acceptors (Lipinski definition) is 3. The maximum absolute atomic E-state index is 11.9. The number of piperidine rings is 1. The number of aliphatic hydroxyl groups excluding tert-OH is 1. The van der Waals surface area contributed by atoms with Crippen LogP contribution < -0.4 is 0 Å². The Morgan fingerprint density at radius 3 is 2.76 bits per heavy atom. The van der Waals surface area contributed by atoms with Crippen LogP contribution in [0, 0.1) is 5.92 Å². The van der Waals surface area contributed by atoms with Gasteiger partial charge in [-0.05, 0) is 45.2 Å². The molecule has 0 radical (unpaired) electrons. The Balaban J connectivity index is 2.26. The van der Waals surface area contributed by atoms with Gasteiger partial charge in [0.15, 0.2) is 0 Å². The van der Waals surface area contributed by atoms with Crippen LogP contribution in [-0.2, 0) is 4.79 Å². The Morgan fingerprint density at radius 1 is 1.35 bits per heavy atom. The number of nitrogens with zero attached hydrogens (tertiary/aromatic N) is 2. The Bertz CT molecular complexity index is 231. The fourth-order valence-corrected chi connectivity index (χ4v) is 2.45. The minimum absolute atomic E-state index is 0.191. The highest BCUT2D eigenvalue weighted by molar-refractivity contribution is 5.78. The average molecular weight is 242 g/mol. The molecule has 0 aromatic rings. The monoisotopic (exact) mass is 242 g/mol. The molecule has 1 heterocycles. The highest BCUT2D eigenvalue weighted by Gasteiger charge is 2.26. The number of carbonyl (C=O) groups is 1. The van der Waals surface area contributed by atoms with Crippen LogP contribution in [0.5, 0.6) is 0 Å². The van der Waals surface area contributed by atoms with Crippen molar-refractivity contribution in [2.24, 2.45) is 5.92 Å². The zero-order chi connectivity index (χ0) is 12.7. The molecule has 0 saturated carbocycles. The largest absolute Gasteiger partial charge is 0.396 e. The Hall–Kier alpha value is -0.610. The molecule has 1 rings (SSSR count). The standard InChI is InChI=1S/C13H26N2O2/c1-14(2)13(17)12-7-6-9-15(11-12)8-4-3-5-10-16/h12,16H,3-11H2,1-2H3. The third kappa shape index (κ3) is 5.04. The van der Waals surface area contributed by atoms with E-state index in [1.165, 1.54) is 0 Å². The summed E-state index contributed by atoms with van der Waals surface area (Å²) < 4.78 is 0. The molecule has 1 amide bonds. The van der Waals surface area contributed by atoms with E-state index < -0.39 is 0 Å². The lowest BCUT2D eigenvalue weighted by Gasteiger charge is -2.33. The topological polar surface area (TPSA) is 43.8 Å². The first-order valence-electron chi connectivity index (χ1n) is 6.69. The van der Waals surface area contributed by atoms with E-state index in [-0.39, 0.29) is 11.8 Å². The minimum Gasteiger partial charge on any atom is -0.396 e. The molecule has 100 valence electrons. The highest BCUT2D eigenvalue weighted by Crippen LogP contribution is 2.18. The molecular weight excluding hydrogens is 216 g/mol. The maximum Gasteiger partial charge on any atom is 0.226 e. The summed E-state index contributed by atoms with van der Waals surface area (Å²) in [5.41, 5.74) is 0. The lowest BCUT2D eigenvalue weighted by Crippen LogP contribution is -2.42. The zero-order valence-corrected chi connectivity index (χ0v) is 11.2. The number of aliphatic hydroxyl groups is 1. The molecule has 1 aliphatic rings. The van der Waals surface area contributed by atoms with Gasteiger partial charge in [-0.1, -0.05) is 0 Å². The van der Waals surface area contributed by atoms with Crippen molar-refractivity contribution in [2.45, 2.75) is 32.1 Å². The van der Waals surface area contributed by atoms with Crippen LogP contribution in [0.3, 0.4) is 0 Å². The fourth-order valence-electron chi connectivity index (χ4n) is 2.45. The molecular formula is C13H26N2O2. The van der Waals surface area contributed by atoms with Crippen molar-refractivity contribution in [2.75, 3.05) is 40.3 Å². The minimum atomic E-state index is 0.191. The lowest BCUT2D eigenvalue weighted by molar-refractivity contribution is -0.134. The van der Waals surface area contributed by atoms with Gasteiger partial charge in [-0.3, -0.25) is 4.79 Å². The maximum atomic E-state index is 11.9. The van der Waals surface area contributed by atoms with Crippen molar-refractivity contribution < 1.29 is 9.90 Å². The van der Waals surface area contributed by atoms with Gasteiger partial charge in [0.05, 0.1) is 5.92 Å². The van der Waals surface area contributed by atoms with E-state index in [1.54, 1.807) is 4.90 Å². The van der Waals surface area contributed by atoms with Crippen molar-refractivity contribution in [1.29, 1.82) is 0 Å². The van der Waals surface area contributed by atoms with Crippen molar-refractivity contribution in [3.8, 4) is 0 Å². The normalized spacial score (nSPS) is 21.5. The summed E-state index contributed by atoms with van der Waals surface area (Å²) in [6, 6.07) is 0. The molecule has 1 unspecified atom stereocenters. The van der Waals surface area contributed by atoms with Gasteiger partial charge in [0.25, 0.3) is 0 Å². The van der Waals surface area contributed by atoms with Crippen LogP contribution in [0.4, 0.5) is 0 Å². The average Bonchev–Trinajstić information content (AvgIpc) is 2.34. The molecule has 1 N–H and O–H groups in total. The number of carbonyl (C=O) groups excluding carboxylic acids is 1. The van der Waals surface area contributed by atoms with Crippen LogP contribution in [0.25, 0.3) is 0 Å². The van der Waals surface area contributed by atoms with Crippen LogP contribution in [-0.4, -0.2) is 61.2 Å². The number of amides is 1. The molecule has 1 saturated heterocycles. The molecule has 1 aliphatic heterocycles. The summed E-state index contributed by atoms with van der Waals surface area (Å²) in [6.45, 7) is 3.39. The number of unbranched alkanes of at least 4 members (excludes halogenated alkanes) is 2. The van der Waals surface area contributed by atoms with E-state index in [1.807, 2.05) is 14.1 Å². The molecule has 0 bridgehead atoms.